The summed E-state index contributed by atoms with van der Waals surface area (Å²) in [5.74, 6) is 1.92. The lowest BCUT2D eigenvalue weighted by molar-refractivity contribution is 0.116. The van der Waals surface area contributed by atoms with Gasteiger partial charge in [0.05, 0.1) is 31.2 Å². The predicted octanol–water partition coefficient (Wildman–Crippen LogP) is 5.28. The van der Waals surface area contributed by atoms with Gasteiger partial charge in [-0.15, -0.1) is 0 Å². The second-order valence-corrected chi connectivity index (χ2v) is 11.8. The average Bonchev–Trinajstić information content (AvgIpc) is 2.98. The Morgan fingerprint density at radius 3 is 2.43 bits per heavy atom. The van der Waals surface area contributed by atoms with Crippen LogP contribution in [0.3, 0.4) is 0 Å². The van der Waals surface area contributed by atoms with Gasteiger partial charge in [0, 0.05) is 22.8 Å². The number of nitrogens with zero attached hydrogens (tertiary/aromatic N) is 5. The predicted molar refractivity (Wildman–Crippen MR) is 164 cm³/mol. The fourth-order valence-electron chi connectivity index (χ4n) is 4.87. The van der Waals surface area contributed by atoms with Crippen LogP contribution in [0.5, 0.6) is 5.75 Å². The van der Waals surface area contributed by atoms with Gasteiger partial charge >= 0.3 is 0 Å². The highest BCUT2D eigenvalue weighted by Gasteiger charge is 2.18. The van der Waals surface area contributed by atoms with Crippen LogP contribution < -0.4 is 10.3 Å². The smallest absolute Gasteiger partial charge is 0.267 e. The molecule has 0 amide bonds. The van der Waals surface area contributed by atoms with Crippen molar-refractivity contribution >= 4 is 5.90 Å². The van der Waals surface area contributed by atoms with Crippen LogP contribution in [0.25, 0.3) is 22.6 Å². The first-order chi connectivity index (χ1) is 20.1. The number of hydrogen-bond acceptors (Lipinski definition) is 8. The number of aromatic nitrogens is 4. The second kappa shape index (κ2) is 12.7. The van der Waals surface area contributed by atoms with Gasteiger partial charge in [0.1, 0.15) is 5.60 Å². The van der Waals surface area contributed by atoms with E-state index in [4.69, 9.17) is 14.9 Å². The largest absolute Gasteiger partial charge is 0.490 e. The lowest BCUT2D eigenvalue weighted by atomic mass is 9.98. The van der Waals surface area contributed by atoms with Crippen molar-refractivity contribution < 1.29 is 9.47 Å². The molecule has 1 N–H and O–H groups in total. The summed E-state index contributed by atoms with van der Waals surface area (Å²) in [6, 6.07) is 18.5. The summed E-state index contributed by atoms with van der Waals surface area (Å²) in [6.07, 6.45) is 5.73. The Morgan fingerprint density at radius 2 is 1.69 bits per heavy atom. The van der Waals surface area contributed by atoms with Crippen molar-refractivity contribution in [1.29, 1.82) is 5.41 Å². The van der Waals surface area contributed by atoms with E-state index in [1.807, 2.05) is 69.3 Å². The number of rotatable bonds is 8. The Morgan fingerprint density at radius 1 is 0.976 bits per heavy atom. The Bertz CT molecular complexity index is 1580. The third-order valence-electron chi connectivity index (χ3n) is 7.16. The van der Waals surface area contributed by atoms with Gasteiger partial charge < -0.3 is 14.4 Å². The topological polar surface area (TPSA) is 106 Å². The van der Waals surface area contributed by atoms with Crippen molar-refractivity contribution in [2.75, 3.05) is 26.7 Å². The molecule has 0 bridgehead atoms. The number of likely N-dealkylation sites (tertiary alicyclic amines) is 1. The normalized spacial score (nSPS) is 14.5. The van der Waals surface area contributed by atoms with E-state index < -0.39 is 5.60 Å². The number of ether oxygens (including phenoxy) is 2. The van der Waals surface area contributed by atoms with Gasteiger partial charge in [-0.05, 0) is 89.5 Å². The van der Waals surface area contributed by atoms with Crippen molar-refractivity contribution in [1.82, 2.24) is 24.6 Å². The summed E-state index contributed by atoms with van der Waals surface area (Å²) < 4.78 is 13.1. The van der Waals surface area contributed by atoms with Gasteiger partial charge in [0.15, 0.2) is 11.6 Å². The summed E-state index contributed by atoms with van der Waals surface area (Å²) in [4.78, 5) is 24.1. The molecule has 0 radical (unpaired) electrons. The minimum Gasteiger partial charge on any atom is -0.490 e. The van der Waals surface area contributed by atoms with Crippen LogP contribution in [-0.4, -0.2) is 62.9 Å². The van der Waals surface area contributed by atoms with E-state index in [1.165, 1.54) is 10.7 Å². The molecule has 1 aliphatic heterocycles. The van der Waals surface area contributed by atoms with Crippen molar-refractivity contribution in [2.45, 2.75) is 45.8 Å². The van der Waals surface area contributed by atoms with E-state index in [0.29, 0.717) is 41.9 Å². The zero-order chi connectivity index (χ0) is 29.7. The Balaban J connectivity index is 1.28. The summed E-state index contributed by atoms with van der Waals surface area (Å²) in [5, 5.41) is 13.0. The quantitative estimate of drug-likeness (QED) is 0.229. The highest BCUT2D eigenvalue weighted by atomic mass is 16.5. The monoisotopic (exact) mass is 566 g/mol. The van der Waals surface area contributed by atoms with E-state index in [0.717, 1.165) is 42.6 Å². The molecule has 0 spiro atoms. The average molecular weight is 567 g/mol. The first-order valence-electron chi connectivity index (χ1n) is 14.3. The highest BCUT2D eigenvalue weighted by Crippen LogP contribution is 2.22. The zero-order valence-corrected chi connectivity index (χ0v) is 24.7. The molecule has 1 saturated heterocycles. The van der Waals surface area contributed by atoms with Crippen molar-refractivity contribution in [2.24, 2.45) is 5.92 Å². The van der Waals surface area contributed by atoms with Crippen LogP contribution >= 0.6 is 0 Å². The van der Waals surface area contributed by atoms with E-state index in [9.17, 15) is 4.79 Å². The van der Waals surface area contributed by atoms with Gasteiger partial charge in [-0.2, -0.15) is 5.10 Å². The van der Waals surface area contributed by atoms with Gasteiger partial charge in [-0.25, -0.2) is 14.6 Å². The van der Waals surface area contributed by atoms with E-state index in [-0.39, 0.29) is 11.5 Å². The molecule has 0 unspecified atom stereocenters. The van der Waals surface area contributed by atoms with Crippen LogP contribution in [0, 0.1) is 11.3 Å². The summed E-state index contributed by atoms with van der Waals surface area (Å²) in [7, 11) is 2.16. The summed E-state index contributed by atoms with van der Waals surface area (Å²) in [5.41, 5.74) is 3.15. The molecule has 42 heavy (non-hydrogen) atoms. The van der Waals surface area contributed by atoms with Crippen molar-refractivity contribution in [3.05, 3.63) is 94.5 Å². The fourth-order valence-corrected chi connectivity index (χ4v) is 4.87. The molecule has 0 aliphatic carbocycles. The maximum atomic E-state index is 12.7. The molecule has 2 aromatic heterocycles. The number of nitrogens with one attached hydrogen (secondary N) is 1. The maximum absolute atomic E-state index is 12.7. The van der Waals surface area contributed by atoms with Crippen LogP contribution in [0.1, 0.15) is 44.7 Å². The third-order valence-corrected chi connectivity index (χ3v) is 7.16. The van der Waals surface area contributed by atoms with Gasteiger partial charge in [-0.3, -0.25) is 10.2 Å². The first kappa shape index (κ1) is 29.1. The molecular weight excluding hydrogens is 528 g/mol. The molecule has 4 aromatic rings. The van der Waals surface area contributed by atoms with E-state index >= 15 is 0 Å². The molecule has 5 rings (SSSR count). The zero-order valence-electron chi connectivity index (χ0n) is 24.7. The Hall–Kier alpha value is -4.37. The summed E-state index contributed by atoms with van der Waals surface area (Å²) in [6.45, 7) is 8.92. The maximum Gasteiger partial charge on any atom is 0.267 e. The number of benzene rings is 2. The lowest BCUT2D eigenvalue weighted by Crippen LogP contribution is -2.32. The number of piperidine rings is 1. The second-order valence-electron chi connectivity index (χ2n) is 11.8. The SMILES string of the molecule is CN1CCC(COc2cnc(-c3cccc(Cn4nc(-c5cccc(C(=N)OC(C)(C)C)c5)ccc4=O)c3)nc2)CC1. The molecule has 2 aromatic carbocycles. The lowest BCUT2D eigenvalue weighted by Gasteiger charge is -2.28. The highest BCUT2D eigenvalue weighted by molar-refractivity contribution is 5.93. The summed E-state index contributed by atoms with van der Waals surface area (Å²) >= 11 is 0. The van der Waals surface area contributed by atoms with Crippen molar-refractivity contribution in [3.63, 3.8) is 0 Å². The van der Waals surface area contributed by atoms with Gasteiger partial charge in [0.25, 0.3) is 5.56 Å². The standard InChI is InChI=1S/C33H38N6O3/c1-33(2,3)42-31(34)26-9-6-8-25(18-26)29-11-12-30(40)39(37-29)21-24-7-5-10-27(17-24)32-35-19-28(20-36-32)41-22-23-13-15-38(4)16-14-23/h5-12,17-20,23,34H,13-16,21-22H2,1-4H3. The minimum absolute atomic E-state index is 0.0913. The molecule has 0 saturated carbocycles. The van der Waals surface area contributed by atoms with Crippen LogP contribution in [-0.2, 0) is 11.3 Å². The molecule has 9 heteroatoms. The van der Waals surface area contributed by atoms with Crippen molar-refractivity contribution in [3.8, 4) is 28.4 Å². The molecule has 1 aliphatic rings. The fraction of sp³-hybridized carbons (Fsp3) is 0.364. The van der Waals surface area contributed by atoms with Crippen LogP contribution in [0.15, 0.2) is 77.9 Å². The minimum atomic E-state index is -0.472. The van der Waals surface area contributed by atoms with Gasteiger partial charge in [-0.1, -0.05) is 30.3 Å². The van der Waals surface area contributed by atoms with E-state index in [1.54, 1.807) is 18.5 Å². The molecule has 3 heterocycles. The van der Waals surface area contributed by atoms with Crippen LogP contribution in [0.2, 0.25) is 0 Å². The molecule has 0 atom stereocenters. The van der Waals surface area contributed by atoms with Crippen LogP contribution in [0.4, 0.5) is 0 Å². The molecular formula is C33H38N6O3. The molecule has 218 valence electrons. The van der Waals surface area contributed by atoms with E-state index in [2.05, 4.69) is 27.0 Å². The first-order valence-corrected chi connectivity index (χ1v) is 14.3. The van der Waals surface area contributed by atoms with Gasteiger partial charge in [0.2, 0.25) is 5.90 Å². The molecule has 9 nitrogen and oxygen atoms in total. The molecule has 1 fully saturated rings. The Kier molecular flexibility index (Phi) is 8.77. The third kappa shape index (κ3) is 7.67. The Labute approximate surface area is 246 Å². The number of hydrogen-bond donors (Lipinski definition) is 1.